The third kappa shape index (κ3) is 4.26. The number of nitrogens with one attached hydrogen (secondary N) is 1. The molecule has 1 rings (SSSR count). The van der Waals surface area contributed by atoms with E-state index in [4.69, 9.17) is 0 Å². The molecule has 0 aliphatic carbocycles. The monoisotopic (exact) mass is 347 g/mol. The standard InChI is InChI=1S/C16H24BrF2N/c1-10(2)16(5,9-20-11(3)4)8-12-14(18)7-6-13(17)15(12)19/h6-7,10-11,20H,8-9H2,1-5H3. The molecular weight excluding hydrogens is 324 g/mol. The maximum absolute atomic E-state index is 14.1. The highest BCUT2D eigenvalue weighted by Gasteiger charge is 2.31. The zero-order chi connectivity index (χ0) is 15.5. The third-order valence-electron chi connectivity index (χ3n) is 4.03. The van der Waals surface area contributed by atoms with Crippen LogP contribution in [0.4, 0.5) is 8.78 Å². The van der Waals surface area contributed by atoms with Crippen LogP contribution in [0.2, 0.25) is 0 Å². The maximum atomic E-state index is 14.1. The van der Waals surface area contributed by atoms with E-state index in [0.717, 1.165) is 6.54 Å². The highest BCUT2D eigenvalue weighted by atomic mass is 79.9. The zero-order valence-corrected chi connectivity index (χ0v) is 14.4. The van der Waals surface area contributed by atoms with Gasteiger partial charge in [0.2, 0.25) is 0 Å². The molecule has 1 aromatic rings. The summed E-state index contributed by atoms with van der Waals surface area (Å²) in [6.45, 7) is 11.1. The summed E-state index contributed by atoms with van der Waals surface area (Å²) in [6, 6.07) is 3.08. The first-order valence-corrected chi connectivity index (χ1v) is 7.82. The van der Waals surface area contributed by atoms with Gasteiger partial charge in [-0.05, 0) is 45.8 Å². The fourth-order valence-corrected chi connectivity index (χ4v) is 2.41. The third-order valence-corrected chi connectivity index (χ3v) is 4.64. The van der Waals surface area contributed by atoms with E-state index in [1.54, 1.807) is 0 Å². The van der Waals surface area contributed by atoms with Crippen molar-refractivity contribution in [2.24, 2.45) is 11.3 Å². The molecule has 1 aromatic carbocycles. The molecule has 0 fully saturated rings. The van der Waals surface area contributed by atoms with E-state index < -0.39 is 11.6 Å². The average Bonchev–Trinajstić information content (AvgIpc) is 2.36. The molecule has 114 valence electrons. The van der Waals surface area contributed by atoms with Crippen LogP contribution in [0.5, 0.6) is 0 Å². The van der Waals surface area contributed by atoms with Crippen molar-refractivity contribution in [3.63, 3.8) is 0 Å². The first-order chi connectivity index (χ1) is 9.17. The minimum Gasteiger partial charge on any atom is -0.314 e. The molecule has 1 unspecified atom stereocenters. The van der Waals surface area contributed by atoms with Gasteiger partial charge in [-0.2, -0.15) is 0 Å². The molecule has 1 nitrogen and oxygen atoms in total. The molecule has 0 radical (unpaired) electrons. The highest BCUT2D eigenvalue weighted by molar-refractivity contribution is 9.10. The number of halogens is 3. The lowest BCUT2D eigenvalue weighted by Crippen LogP contribution is -2.41. The Balaban J connectivity index is 3.05. The Morgan fingerprint density at radius 2 is 1.80 bits per heavy atom. The lowest BCUT2D eigenvalue weighted by atomic mass is 9.74. The Kier molecular flexibility index (Phi) is 6.14. The van der Waals surface area contributed by atoms with E-state index in [9.17, 15) is 8.78 Å². The first kappa shape index (κ1) is 17.6. The van der Waals surface area contributed by atoms with Crippen molar-refractivity contribution in [3.8, 4) is 0 Å². The van der Waals surface area contributed by atoms with Crippen LogP contribution in [0.15, 0.2) is 16.6 Å². The zero-order valence-electron chi connectivity index (χ0n) is 12.9. The summed E-state index contributed by atoms with van der Waals surface area (Å²) in [4.78, 5) is 0. The largest absolute Gasteiger partial charge is 0.314 e. The molecule has 0 bridgehead atoms. The van der Waals surface area contributed by atoms with Crippen LogP contribution in [0.1, 0.15) is 40.2 Å². The van der Waals surface area contributed by atoms with Crippen molar-refractivity contribution in [2.75, 3.05) is 6.54 Å². The van der Waals surface area contributed by atoms with Crippen molar-refractivity contribution < 1.29 is 8.78 Å². The Bertz CT molecular complexity index is 460. The Morgan fingerprint density at radius 1 is 1.20 bits per heavy atom. The summed E-state index contributed by atoms with van der Waals surface area (Å²) in [7, 11) is 0. The summed E-state index contributed by atoms with van der Waals surface area (Å²) in [6.07, 6.45) is 0.376. The minimum atomic E-state index is -0.485. The molecule has 1 atom stereocenters. The molecule has 4 heteroatoms. The van der Waals surface area contributed by atoms with E-state index in [2.05, 4.69) is 55.9 Å². The van der Waals surface area contributed by atoms with E-state index in [-0.39, 0.29) is 11.0 Å². The number of rotatable bonds is 6. The summed E-state index contributed by atoms with van der Waals surface area (Å²) in [5.41, 5.74) is -0.0339. The Morgan fingerprint density at radius 3 is 2.30 bits per heavy atom. The maximum Gasteiger partial charge on any atom is 0.143 e. The minimum absolute atomic E-state index is 0.168. The van der Waals surface area contributed by atoms with Gasteiger partial charge in [0.15, 0.2) is 0 Å². The predicted octanol–water partition coefficient (Wildman–Crippen LogP) is 4.93. The van der Waals surface area contributed by atoms with Crippen molar-refractivity contribution in [2.45, 2.75) is 47.1 Å². The second-order valence-corrected chi connectivity index (χ2v) is 7.20. The summed E-state index contributed by atoms with van der Waals surface area (Å²) >= 11 is 3.13. The molecular formula is C16H24BrF2N. The van der Waals surface area contributed by atoms with Crippen molar-refractivity contribution in [3.05, 3.63) is 33.8 Å². The molecule has 0 heterocycles. The summed E-state index contributed by atoms with van der Waals surface area (Å²) in [5.74, 6) is -0.643. The molecule has 1 N–H and O–H groups in total. The molecule has 0 spiro atoms. The van der Waals surface area contributed by atoms with Crippen LogP contribution in [0.25, 0.3) is 0 Å². The SMILES string of the molecule is CC(C)NCC(C)(Cc1c(F)ccc(Br)c1F)C(C)C. The van der Waals surface area contributed by atoms with Gasteiger partial charge in [-0.1, -0.05) is 34.6 Å². The molecule has 20 heavy (non-hydrogen) atoms. The van der Waals surface area contributed by atoms with E-state index in [1.165, 1.54) is 12.1 Å². The van der Waals surface area contributed by atoms with E-state index in [0.29, 0.717) is 22.9 Å². The van der Waals surface area contributed by atoms with Crippen molar-refractivity contribution in [1.82, 2.24) is 5.32 Å². The van der Waals surface area contributed by atoms with Gasteiger partial charge in [-0.25, -0.2) is 8.78 Å². The van der Waals surface area contributed by atoms with Gasteiger partial charge in [0.1, 0.15) is 11.6 Å². The molecule has 0 saturated heterocycles. The number of hydrogen-bond donors (Lipinski definition) is 1. The van der Waals surface area contributed by atoms with Crippen molar-refractivity contribution in [1.29, 1.82) is 0 Å². The molecule has 0 aromatic heterocycles. The Hall–Kier alpha value is -0.480. The fourth-order valence-electron chi connectivity index (χ4n) is 2.04. The normalized spacial score (nSPS) is 14.9. The van der Waals surface area contributed by atoms with Crippen LogP contribution in [-0.4, -0.2) is 12.6 Å². The van der Waals surface area contributed by atoms with Gasteiger partial charge in [0, 0.05) is 18.2 Å². The molecule has 0 aliphatic rings. The smallest absolute Gasteiger partial charge is 0.143 e. The average molecular weight is 348 g/mol. The van der Waals surface area contributed by atoms with E-state index in [1.807, 2.05) is 0 Å². The second kappa shape index (κ2) is 6.99. The van der Waals surface area contributed by atoms with E-state index >= 15 is 0 Å². The second-order valence-electron chi connectivity index (χ2n) is 6.34. The topological polar surface area (TPSA) is 12.0 Å². The first-order valence-electron chi connectivity index (χ1n) is 7.03. The lowest BCUT2D eigenvalue weighted by molar-refractivity contribution is 0.197. The van der Waals surface area contributed by atoms with Gasteiger partial charge >= 0.3 is 0 Å². The molecule has 0 saturated carbocycles. The van der Waals surface area contributed by atoms with Gasteiger partial charge in [-0.15, -0.1) is 0 Å². The van der Waals surface area contributed by atoms with Gasteiger partial charge < -0.3 is 5.32 Å². The van der Waals surface area contributed by atoms with Crippen LogP contribution >= 0.6 is 15.9 Å². The van der Waals surface area contributed by atoms with Crippen molar-refractivity contribution >= 4 is 15.9 Å². The molecule has 0 amide bonds. The number of benzene rings is 1. The van der Waals surface area contributed by atoms with Crippen LogP contribution in [0.3, 0.4) is 0 Å². The molecule has 0 aliphatic heterocycles. The lowest BCUT2D eigenvalue weighted by Gasteiger charge is -2.35. The Labute approximate surface area is 129 Å². The predicted molar refractivity (Wildman–Crippen MR) is 83.8 cm³/mol. The van der Waals surface area contributed by atoms with Gasteiger partial charge in [0.05, 0.1) is 4.47 Å². The van der Waals surface area contributed by atoms with Gasteiger partial charge in [-0.3, -0.25) is 0 Å². The summed E-state index contributed by atoms with van der Waals surface area (Å²) in [5, 5.41) is 3.38. The van der Waals surface area contributed by atoms with Gasteiger partial charge in [0.25, 0.3) is 0 Å². The fraction of sp³-hybridized carbons (Fsp3) is 0.625. The number of hydrogen-bond acceptors (Lipinski definition) is 1. The van der Waals surface area contributed by atoms with Crippen LogP contribution < -0.4 is 5.32 Å². The van der Waals surface area contributed by atoms with Crippen LogP contribution in [0, 0.1) is 23.0 Å². The quantitative estimate of drug-likeness (QED) is 0.719. The highest BCUT2D eigenvalue weighted by Crippen LogP contribution is 2.34. The van der Waals surface area contributed by atoms with Crippen LogP contribution in [-0.2, 0) is 6.42 Å². The summed E-state index contributed by atoms with van der Waals surface area (Å²) < 4.78 is 28.4.